The minimum absolute atomic E-state index is 0.726. The zero-order chi connectivity index (χ0) is 11.9. The van der Waals surface area contributed by atoms with Gasteiger partial charge in [-0.1, -0.05) is 0 Å². The average Bonchev–Trinajstić information content (AvgIpc) is 3.02. The molecule has 96 valence electrons. The van der Waals surface area contributed by atoms with E-state index >= 15 is 0 Å². The van der Waals surface area contributed by atoms with Crippen LogP contribution in [0.3, 0.4) is 0 Å². The molecule has 0 N–H and O–H groups in total. The molecule has 0 aromatic heterocycles. The van der Waals surface area contributed by atoms with Gasteiger partial charge in [0.15, 0.2) is 0 Å². The minimum atomic E-state index is 0.726. The third kappa shape index (κ3) is 2.93. The molecular formula is C10H8S4Se4. The quantitative estimate of drug-likeness (QED) is 0.410. The molecule has 0 unspecified atom stereocenters. The monoisotopic (exact) mass is 576 g/mol. The first-order chi connectivity index (χ1) is 8.90. The fraction of sp³-hybridized carbons (Fsp3) is 0.400. The third-order valence-corrected chi connectivity index (χ3v) is 25.0. The van der Waals surface area contributed by atoms with Crippen LogP contribution < -0.4 is 0 Å². The van der Waals surface area contributed by atoms with Gasteiger partial charge in [0.05, 0.1) is 0 Å². The maximum absolute atomic E-state index is 2.17. The summed E-state index contributed by atoms with van der Waals surface area (Å²) in [4.78, 5) is 0. The van der Waals surface area contributed by atoms with E-state index in [4.69, 9.17) is 0 Å². The van der Waals surface area contributed by atoms with Crippen LogP contribution in [-0.2, 0) is 0 Å². The molecule has 18 heavy (non-hydrogen) atoms. The molecule has 0 amide bonds. The molecule has 0 aromatic rings. The molecule has 0 nitrogen and oxygen atoms in total. The average molecular weight is 572 g/mol. The van der Waals surface area contributed by atoms with Gasteiger partial charge in [-0.25, -0.2) is 0 Å². The van der Waals surface area contributed by atoms with Crippen molar-refractivity contribution in [3.63, 3.8) is 0 Å². The van der Waals surface area contributed by atoms with Gasteiger partial charge in [0.1, 0.15) is 0 Å². The number of rotatable bonds is 0. The first-order valence-corrected chi connectivity index (χ1v) is 16.5. The molecule has 0 fully saturated rings. The molecule has 4 aliphatic heterocycles. The summed E-state index contributed by atoms with van der Waals surface area (Å²) in [6, 6.07) is 0. The summed E-state index contributed by atoms with van der Waals surface area (Å²) in [5, 5.41) is 2.96. The van der Waals surface area contributed by atoms with Crippen molar-refractivity contribution in [2.75, 3.05) is 11.5 Å². The van der Waals surface area contributed by atoms with Gasteiger partial charge in [-0.3, -0.25) is 0 Å². The fourth-order valence-corrected chi connectivity index (χ4v) is 25.8. The Balaban J connectivity index is 1.54. The molecule has 8 heteroatoms. The normalized spacial score (nSPS) is 32.0. The Labute approximate surface area is 150 Å². The van der Waals surface area contributed by atoms with Gasteiger partial charge in [-0.15, -0.1) is 0 Å². The summed E-state index contributed by atoms with van der Waals surface area (Å²) in [5.74, 6) is 2.77. The van der Waals surface area contributed by atoms with Crippen LogP contribution in [-0.4, -0.2) is 71.3 Å². The third-order valence-electron chi connectivity index (χ3n) is 2.34. The van der Waals surface area contributed by atoms with Crippen molar-refractivity contribution in [3.05, 3.63) is 22.8 Å². The molecule has 0 saturated carbocycles. The van der Waals surface area contributed by atoms with E-state index in [0.717, 1.165) is 59.8 Å². The fourth-order valence-electron chi connectivity index (χ4n) is 1.60. The van der Waals surface area contributed by atoms with E-state index in [1.54, 1.807) is 16.1 Å². The second kappa shape index (κ2) is 6.44. The van der Waals surface area contributed by atoms with E-state index in [2.05, 4.69) is 47.0 Å². The van der Waals surface area contributed by atoms with Gasteiger partial charge in [0, 0.05) is 0 Å². The Morgan fingerprint density at radius 3 is 1.67 bits per heavy atom. The molecule has 4 heterocycles. The molecular weight excluding hydrogens is 564 g/mol. The second-order valence-corrected chi connectivity index (χ2v) is 21.0. The van der Waals surface area contributed by atoms with Crippen LogP contribution >= 0.6 is 47.0 Å². The molecule has 4 aliphatic rings. The predicted octanol–water partition coefficient (Wildman–Crippen LogP) is 3.01. The summed E-state index contributed by atoms with van der Waals surface area (Å²) in [7, 11) is 0. The number of thioether (sulfide) groups is 4. The van der Waals surface area contributed by atoms with Crippen molar-refractivity contribution in [2.45, 2.75) is 10.6 Å². The zero-order valence-electron chi connectivity index (χ0n) is 9.09. The molecule has 0 atom stereocenters. The Morgan fingerprint density at radius 2 is 1.22 bits per heavy atom. The van der Waals surface area contributed by atoms with Crippen molar-refractivity contribution >= 4 is 107 Å². The van der Waals surface area contributed by atoms with E-state index < -0.39 is 0 Å². The van der Waals surface area contributed by atoms with E-state index in [0.29, 0.717) is 0 Å². The summed E-state index contributed by atoms with van der Waals surface area (Å²) >= 11 is 11.8. The zero-order valence-corrected chi connectivity index (χ0v) is 19.2. The Bertz CT molecular complexity index is 412. The van der Waals surface area contributed by atoms with Crippen LogP contribution in [0.5, 0.6) is 0 Å². The van der Waals surface area contributed by atoms with Gasteiger partial charge < -0.3 is 0 Å². The van der Waals surface area contributed by atoms with Gasteiger partial charge in [0.25, 0.3) is 0 Å². The van der Waals surface area contributed by atoms with Crippen LogP contribution in [0.2, 0.25) is 10.6 Å². The Morgan fingerprint density at radius 1 is 0.722 bits per heavy atom. The summed E-state index contributed by atoms with van der Waals surface area (Å²) in [5.41, 5.74) is 0. The van der Waals surface area contributed by atoms with Crippen LogP contribution in [0.4, 0.5) is 0 Å². The molecule has 0 aliphatic carbocycles. The maximum atomic E-state index is 2.17. The van der Waals surface area contributed by atoms with Crippen molar-refractivity contribution < 1.29 is 0 Å². The molecule has 0 saturated heterocycles. The van der Waals surface area contributed by atoms with Crippen molar-refractivity contribution in [1.82, 2.24) is 0 Å². The second-order valence-electron chi connectivity index (χ2n) is 3.53. The van der Waals surface area contributed by atoms with E-state index in [1.165, 1.54) is 22.1 Å². The summed E-state index contributed by atoms with van der Waals surface area (Å²) in [6.45, 7) is 0. The standard InChI is InChI=1S/C10H8S4Se4/c1-3-15-9-5(11-1)13-7(17-9)8-14-6-10(18-8)16-4-2-12-6/h1-4H2/b8-7+. The van der Waals surface area contributed by atoms with Crippen molar-refractivity contribution in [1.29, 1.82) is 0 Å². The first-order valence-electron chi connectivity index (χ1n) is 5.35. The van der Waals surface area contributed by atoms with Gasteiger partial charge in [0.2, 0.25) is 0 Å². The molecule has 0 spiro atoms. The summed E-state index contributed by atoms with van der Waals surface area (Å²) in [6.07, 6.45) is 0. The number of hydrogen-bond acceptors (Lipinski definition) is 4. The van der Waals surface area contributed by atoms with Crippen molar-refractivity contribution in [3.8, 4) is 0 Å². The molecule has 0 radical (unpaired) electrons. The first kappa shape index (κ1) is 14.3. The predicted molar refractivity (Wildman–Crippen MR) is 93.8 cm³/mol. The van der Waals surface area contributed by atoms with E-state index in [9.17, 15) is 0 Å². The Hall–Kier alpha value is 2.70. The van der Waals surface area contributed by atoms with Crippen LogP contribution in [0.15, 0.2) is 22.8 Å². The number of hydrogen-bond donors (Lipinski definition) is 0. The van der Waals surface area contributed by atoms with E-state index in [-0.39, 0.29) is 0 Å². The van der Waals surface area contributed by atoms with Crippen LogP contribution in [0.25, 0.3) is 0 Å². The van der Waals surface area contributed by atoms with Crippen molar-refractivity contribution in [2.24, 2.45) is 0 Å². The SMILES string of the molecule is C1C[Se]C2=C(S1)S/C(=C1/SC3=C([Se]CCS3)[Se]1)[Se]2. The Kier molecular flexibility index (Phi) is 5.12. The summed E-state index contributed by atoms with van der Waals surface area (Å²) < 4.78 is 10.8. The van der Waals surface area contributed by atoms with Gasteiger partial charge in [-0.05, 0) is 0 Å². The van der Waals surface area contributed by atoms with Crippen LogP contribution in [0.1, 0.15) is 0 Å². The van der Waals surface area contributed by atoms with Gasteiger partial charge in [-0.2, -0.15) is 0 Å². The molecule has 4 rings (SSSR count). The molecule has 0 bridgehead atoms. The van der Waals surface area contributed by atoms with E-state index in [1.807, 2.05) is 6.74 Å². The van der Waals surface area contributed by atoms with Crippen LogP contribution in [0, 0.1) is 0 Å². The molecule has 0 aromatic carbocycles. The topological polar surface area (TPSA) is 0 Å². The van der Waals surface area contributed by atoms with Gasteiger partial charge >= 0.3 is 152 Å².